The second kappa shape index (κ2) is 9.05. The summed E-state index contributed by atoms with van der Waals surface area (Å²) < 4.78 is 6.13. The van der Waals surface area contributed by atoms with Crippen molar-refractivity contribution in [3.8, 4) is 11.1 Å². The van der Waals surface area contributed by atoms with Crippen molar-refractivity contribution in [1.82, 2.24) is 20.3 Å². The lowest BCUT2D eigenvalue weighted by atomic mass is 10.1. The Bertz CT molecular complexity index is 1280. The van der Waals surface area contributed by atoms with E-state index in [-0.39, 0.29) is 23.1 Å². The fourth-order valence-corrected chi connectivity index (χ4v) is 5.32. The Balaban J connectivity index is 1.68. The number of aromatic nitrogens is 2. The Kier molecular flexibility index (Phi) is 6.19. The summed E-state index contributed by atoms with van der Waals surface area (Å²) in [5.41, 5.74) is 2.06. The normalized spacial score (nSPS) is 16.1. The van der Waals surface area contributed by atoms with Crippen LogP contribution in [0.5, 0.6) is 0 Å². The molecule has 0 saturated heterocycles. The summed E-state index contributed by atoms with van der Waals surface area (Å²) in [7, 11) is 0. The van der Waals surface area contributed by atoms with Gasteiger partial charge in [-0.1, -0.05) is 42.1 Å². The number of thioether (sulfide) groups is 1. The van der Waals surface area contributed by atoms with E-state index < -0.39 is 18.0 Å². The van der Waals surface area contributed by atoms with Crippen LogP contribution in [-0.4, -0.2) is 40.1 Å². The maximum atomic E-state index is 13.0. The number of nitrogens with zero attached hydrogens (tertiary/aromatic N) is 2. The first-order valence-electron chi connectivity index (χ1n) is 9.86. The summed E-state index contributed by atoms with van der Waals surface area (Å²) in [5.74, 6) is 5.75. The average molecular weight is 472 g/mol. The van der Waals surface area contributed by atoms with Gasteiger partial charge in [-0.3, -0.25) is 4.79 Å². The minimum absolute atomic E-state index is 0.179. The molecule has 0 fully saturated rings. The lowest BCUT2D eigenvalue weighted by molar-refractivity contribution is -0.138. The van der Waals surface area contributed by atoms with Crippen LogP contribution >= 0.6 is 23.1 Å². The summed E-state index contributed by atoms with van der Waals surface area (Å²) >= 11 is 2.52. The molecule has 1 atom stereocenters. The Hall–Kier alpha value is -3.31. The molecule has 0 spiro atoms. The van der Waals surface area contributed by atoms with Gasteiger partial charge in [-0.05, 0) is 19.4 Å². The molecule has 1 aliphatic rings. The van der Waals surface area contributed by atoms with Gasteiger partial charge in [0.2, 0.25) is 0 Å². The standard InChI is InChI=1S/C21H21N5O4S2/c1-3-30-19(28)15-11(2)23-20(29)24-14(15)10-32-21-25-17-16(18(27)26(21)22)13(9-31-17)12-7-5-4-6-8-12/h4-9,11H,3,10,22H2,1-2H3,(H2,23,24,29)/t11-/m0/s1. The zero-order chi connectivity index (χ0) is 22.8. The van der Waals surface area contributed by atoms with E-state index in [0.717, 1.165) is 27.6 Å². The molecule has 0 saturated carbocycles. The Morgan fingerprint density at radius 3 is 2.78 bits per heavy atom. The summed E-state index contributed by atoms with van der Waals surface area (Å²) in [6.45, 7) is 3.63. The summed E-state index contributed by atoms with van der Waals surface area (Å²) in [4.78, 5) is 42.5. The van der Waals surface area contributed by atoms with E-state index >= 15 is 0 Å². The lowest BCUT2D eigenvalue weighted by Crippen LogP contribution is -2.49. The molecule has 4 N–H and O–H groups in total. The van der Waals surface area contributed by atoms with Gasteiger partial charge in [-0.25, -0.2) is 19.2 Å². The van der Waals surface area contributed by atoms with Crippen LogP contribution in [0.25, 0.3) is 21.3 Å². The maximum absolute atomic E-state index is 13.0. The van der Waals surface area contributed by atoms with Crippen LogP contribution in [0.3, 0.4) is 0 Å². The van der Waals surface area contributed by atoms with Crippen molar-refractivity contribution in [2.75, 3.05) is 18.2 Å². The average Bonchev–Trinajstić information content (AvgIpc) is 3.19. The van der Waals surface area contributed by atoms with Crippen molar-refractivity contribution in [3.63, 3.8) is 0 Å². The van der Waals surface area contributed by atoms with Crippen molar-refractivity contribution < 1.29 is 14.3 Å². The molecule has 0 bridgehead atoms. The van der Waals surface area contributed by atoms with Crippen molar-refractivity contribution in [1.29, 1.82) is 0 Å². The van der Waals surface area contributed by atoms with Gasteiger partial charge in [0, 0.05) is 22.4 Å². The fraction of sp³-hybridized carbons (Fsp3) is 0.238. The number of thiophene rings is 1. The summed E-state index contributed by atoms with van der Waals surface area (Å²) in [6.07, 6.45) is 0. The molecule has 0 radical (unpaired) electrons. The van der Waals surface area contributed by atoms with E-state index in [9.17, 15) is 14.4 Å². The van der Waals surface area contributed by atoms with Crippen molar-refractivity contribution in [2.45, 2.75) is 25.0 Å². The molecule has 1 aromatic carbocycles. The number of nitrogen functional groups attached to an aromatic ring is 1. The predicted molar refractivity (Wildman–Crippen MR) is 125 cm³/mol. The van der Waals surface area contributed by atoms with Gasteiger partial charge in [0.05, 0.1) is 23.6 Å². The van der Waals surface area contributed by atoms with Crippen LogP contribution < -0.4 is 22.0 Å². The Morgan fingerprint density at radius 1 is 1.31 bits per heavy atom. The van der Waals surface area contributed by atoms with E-state index in [1.54, 1.807) is 13.8 Å². The van der Waals surface area contributed by atoms with Crippen molar-refractivity contribution in [2.24, 2.45) is 0 Å². The van der Waals surface area contributed by atoms with Crippen LogP contribution in [0, 0.1) is 0 Å². The number of carbonyl (C=O) groups is 2. The number of urea groups is 1. The van der Waals surface area contributed by atoms with Crippen LogP contribution in [0.2, 0.25) is 0 Å². The summed E-state index contributed by atoms with van der Waals surface area (Å²) in [6, 6.07) is 8.64. The van der Waals surface area contributed by atoms with Gasteiger partial charge < -0.3 is 21.2 Å². The molecule has 3 heterocycles. The molecule has 166 valence electrons. The minimum Gasteiger partial charge on any atom is -0.463 e. The minimum atomic E-state index is -0.514. The highest BCUT2D eigenvalue weighted by molar-refractivity contribution is 7.99. The highest BCUT2D eigenvalue weighted by Crippen LogP contribution is 2.32. The van der Waals surface area contributed by atoms with Crippen molar-refractivity contribution >= 4 is 45.3 Å². The number of rotatable bonds is 6. The van der Waals surface area contributed by atoms with Gasteiger partial charge in [0.15, 0.2) is 5.16 Å². The zero-order valence-corrected chi connectivity index (χ0v) is 19.0. The molecule has 11 heteroatoms. The zero-order valence-electron chi connectivity index (χ0n) is 17.4. The van der Waals surface area contributed by atoms with E-state index in [1.165, 1.54) is 11.3 Å². The largest absolute Gasteiger partial charge is 0.463 e. The third-order valence-electron chi connectivity index (χ3n) is 4.90. The monoisotopic (exact) mass is 471 g/mol. The number of nitrogens with two attached hydrogens (primary N) is 1. The molecular formula is C21H21N5O4S2. The summed E-state index contributed by atoms with van der Waals surface area (Å²) in [5, 5.41) is 7.93. The molecule has 3 aromatic rings. The van der Waals surface area contributed by atoms with Gasteiger partial charge in [0.1, 0.15) is 4.83 Å². The van der Waals surface area contributed by atoms with Crippen molar-refractivity contribution in [3.05, 3.63) is 57.3 Å². The molecule has 2 aromatic heterocycles. The fourth-order valence-electron chi connectivity index (χ4n) is 3.45. The molecule has 1 aliphatic heterocycles. The number of benzene rings is 1. The first-order chi connectivity index (χ1) is 15.4. The first kappa shape index (κ1) is 21.9. The van der Waals surface area contributed by atoms with Crippen LogP contribution in [0.15, 0.2) is 56.9 Å². The second-order valence-electron chi connectivity index (χ2n) is 6.99. The number of esters is 1. The smallest absolute Gasteiger partial charge is 0.337 e. The number of carbonyl (C=O) groups excluding carboxylic acids is 2. The van der Waals surface area contributed by atoms with E-state index in [1.807, 2.05) is 35.7 Å². The number of hydrogen-bond donors (Lipinski definition) is 3. The van der Waals surface area contributed by atoms with Crippen LogP contribution in [0.1, 0.15) is 13.8 Å². The van der Waals surface area contributed by atoms with Gasteiger partial charge in [-0.2, -0.15) is 0 Å². The number of hydrogen-bond acceptors (Lipinski definition) is 8. The topological polar surface area (TPSA) is 128 Å². The van der Waals surface area contributed by atoms with E-state index in [4.69, 9.17) is 10.6 Å². The molecule has 0 unspecified atom stereocenters. The molecular weight excluding hydrogens is 450 g/mol. The Labute approximate surface area is 191 Å². The number of ether oxygens (including phenoxy) is 1. The highest BCUT2D eigenvalue weighted by Gasteiger charge is 2.30. The Morgan fingerprint density at radius 2 is 2.06 bits per heavy atom. The quantitative estimate of drug-likeness (QED) is 0.218. The van der Waals surface area contributed by atoms with E-state index in [2.05, 4.69) is 15.6 Å². The van der Waals surface area contributed by atoms with E-state index in [0.29, 0.717) is 21.5 Å². The third kappa shape index (κ3) is 4.08. The molecule has 0 aliphatic carbocycles. The van der Waals surface area contributed by atoms with Crippen LogP contribution in [0.4, 0.5) is 4.79 Å². The molecule has 2 amide bonds. The second-order valence-corrected chi connectivity index (χ2v) is 8.79. The van der Waals surface area contributed by atoms with Gasteiger partial charge in [-0.15, -0.1) is 11.3 Å². The maximum Gasteiger partial charge on any atom is 0.337 e. The molecule has 32 heavy (non-hydrogen) atoms. The first-order valence-corrected chi connectivity index (χ1v) is 11.7. The van der Waals surface area contributed by atoms with Crippen LogP contribution in [-0.2, 0) is 9.53 Å². The number of fused-ring (bicyclic) bond motifs is 1. The number of amides is 2. The lowest BCUT2D eigenvalue weighted by Gasteiger charge is -2.26. The highest BCUT2D eigenvalue weighted by atomic mass is 32.2. The number of nitrogens with one attached hydrogen (secondary N) is 2. The van der Waals surface area contributed by atoms with Gasteiger partial charge >= 0.3 is 12.0 Å². The molecule has 4 rings (SSSR count). The third-order valence-corrected chi connectivity index (χ3v) is 6.75. The predicted octanol–water partition coefficient (Wildman–Crippen LogP) is 2.45. The SMILES string of the molecule is CCOC(=O)C1=C(CSc2nc3scc(-c4ccccc4)c3c(=O)n2N)NC(=O)N[C@H]1C. The molecule has 9 nitrogen and oxygen atoms in total. The van der Waals surface area contributed by atoms with Gasteiger partial charge in [0.25, 0.3) is 5.56 Å².